The van der Waals surface area contributed by atoms with Crippen molar-refractivity contribution in [1.29, 1.82) is 0 Å². The predicted octanol–water partition coefficient (Wildman–Crippen LogP) is 9.42. The molecule has 332 valence electrons. The molecule has 57 heavy (non-hydrogen) atoms. The Kier molecular flexibility index (Phi) is 19.9. The molecule has 0 fully saturated rings. The van der Waals surface area contributed by atoms with Gasteiger partial charge in [0.2, 0.25) is 0 Å². The van der Waals surface area contributed by atoms with Crippen LogP contribution in [0.25, 0.3) is 0 Å². The van der Waals surface area contributed by atoms with Crippen LogP contribution in [0.4, 0.5) is 52.7 Å². The summed E-state index contributed by atoms with van der Waals surface area (Å²) in [5.41, 5.74) is -4.44. The lowest BCUT2D eigenvalue weighted by Gasteiger charge is -2.41. The summed E-state index contributed by atoms with van der Waals surface area (Å²) in [5.74, 6) is -46.2. The smallest absolute Gasteiger partial charge is 0.384 e. The van der Waals surface area contributed by atoms with Crippen LogP contribution in [-0.4, -0.2) is 96.7 Å². The number of rotatable bonds is 29. The summed E-state index contributed by atoms with van der Waals surface area (Å²) < 4.78 is 191. The predicted molar refractivity (Wildman–Crippen MR) is 182 cm³/mol. The van der Waals surface area contributed by atoms with Crippen LogP contribution < -0.4 is 0 Å². The largest absolute Gasteiger partial charge is 0.461 e. The average Bonchev–Trinajstić information content (AvgIpc) is 3.12. The van der Waals surface area contributed by atoms with E-state index in [-0.39, 0.29) is 42.4 Å². The summed E-state index contributed by atoms with van der Waals surface area (Å²) in [6, 6.07) is 0. The highest BCUT2D eigenvalue weighted by atomic mass is 19.4. The summed E-state index contributed by atoms with van der Waals surface area (Å²) >= 11 is 0. The number of halogens is 12. The molecule has 0 aromatic heterocycles. The Hall–Kier alpha value is -3.29. The molecular formula is C37H52F12O8. The molecule has 0 saturated carbocycles. The van der Waals surface area contributed by atoms with Gasteiger partial charge >= 0.3 is 53.4 Å². The van der Waals surface area contributed by atoms with Gasteiger partial charge in [-0.2, -0.15) is 52.7 Å². The van der Waals surface area contributed by atoms with Crippen molar-refractivity contribution in [3.05, 3.63) is 36.5 Å². The lowest BCUT2D eigenvalue weighted by molar-refractivity contribution is -0.425. The van der Waals surface area contributed by atoms with Crippen molar-refractivity contribution < 1.29 is 91.5 Å². The Labute approximate surface area is 323 Å². The Morgan fingerprint density at radius 3 is 1.23 bits per heavy atom. The Bertz CT molecular complexity index is 1360. The van der Waals surface area contributed by atoms with E-state index >= 15 is 0 Å². The molecule has 0 aliphatic carbocycles. The van der Waals surface area contributed by atoms with Crippen molar-refractivity contribution in [3.8, 4) is 0 Å². The fourth-order valence-corrected chi connectivity index (χ4v) is 5.18. The van der Waals surface area contributed by atoms with Gasteiger partial charge in [-0.1, -0.05) is 59.3 Å². The molecule has 0 spiro atoms. The lowest BCUT2D eigenvalue weighted by Crippen LogP contribution is -2.70. The van der Waals surface area contributed by atoms with Crippen LogP contribution in [0.3, 0.4) is 0 Å². The Morgan fingerprint density at radius 1 is 0.509 bits per heavy atom. The number of hydrogen-bond acceptors (Lipinski definition) is 8. The summed E-state index contributed by atoms with van der Waals surface area (Å²) in [6.45, 7) is 11.1. The number of alkyl halides is 12. The van der Waals surface area contributed by atoms with Gasteiger partial charge in [-0.05, 0) is 46.0 Å². The number of ether oxygens (including phenoxy) is 3. The minimum atomic E-state index is -7.78. The molecule has 0 aromatic carbocycles. The SMILES string of the molecule is C=C(C)C(=O)OCC(CCCC(F)(F)C(F)(F)C(F)(F)C(F)(F)C(F)(F)C(F)(F)CCCCCCC)(COC(=O)C(=C)C)COC(=O)C(=C)CC(CC)(CO)CO. The van der Waals surface area contributed by atoms with Crippen LogP contribution in [0.2, 0.25) is 0 Å². The van der Waals surface area contributed by atoms with Crippen molar-refractivity contribution in [2.45, 2.75) is 134 Å². The number of carbonyl (C=O) groups excluding carboxylic acids is 3. The second-order valence-electron chi connectivity index (χ2n) is 14.5. The van der Waals surface area contributed by atoms with Crippen LogP contribution in [0, 0.1) is 10.8 Å². The molecule has 20 heteroatoms. The quantitative estimate of drug-likeness (QED) is 0.0251. The molecule has 0 aromatic rings. The normalized spacial score (nSPS) is 13.6. The first-order valence-corrected chi connectivity index (χ1v) is 17.9. The van der Waals surface area contributed by atoms with E-state index < -0.39 is 129 Å². The molecule has 0 aliphatic rings. The maximum absolute atomic E-state index is 15.0. The topological polar surface area (TPSA) is 119 Å². The number of aliphatic hydroxyl groups excluding tert-OH is 2. The van der Waals surface area contributed by atoms with Crippen molar-refractivity contribution in [2.24, 2.45) is 10.8 Å². The van der Waals surface area contributed by atoms with Gasteiger partial charge in [0, 0.05) is 35.0 Å². The molecule has 0 radical (unpaired) electrons. The van der Waals surface area contributed by atoms with E-state index in [0.29, 0.717) is 12.8 Å². The number of carbonyl (C=O) groups is 3. The first-order valence-electron chi connectivity index (χ1n) is 17.9. The van der Waals surface area contributed by atoms with Gasteiger partial charge in [-0.3, -0.25) is 0 Å². The fraction of sp³-hybridized carbons (Fsp3) is 0.757. The maximum atomic E-state index is 15.0. The van der Waals surface area contributed by atoms with Crippen molar-refractivity contribution >= 4 is 17.9 Å². The van der Waals surface area contributed by atoms with Crippen LogP contribution in [0.15, 0.2) is 36.5 Å². The third-order valence-corrected chi connectivity index (χ3v) is 9.42. The van der Waals surface area contributed by atoms with E-state index in [9.17, 15) is 77.3 Å². The molecule has 0 unspecified atom stereocenters. The molecule has 0 amide bonds. The van der Waals surface area contributed by atoms with Gasteiger partial charge in [-0.25, -0.2) is 14.4 Å². The second kappa shape index (κ2) is 21.1. The van der Waals surface area contributed by atoms with Crippen LogP contribution in [-0.2, 0) is 28.6 Å². The van der Waals surface area contributed by atoms with E-state index in [1.165, 1.54) is 0 Å². The molecule has 0 rings (SSSR count). The molecule has 0 bridgehead atoms. The summed E-state index contributed by atoms with van der Waals surface area (Å²) in [6.07, 6.45) is -7.57. The highest BCUT2D eigenvalue weighted by Gasteiger charge is 2.89. The summed E-state index contributed by atoms with van der Waals surface area (Å²) in [7, 11) is 0. The van der Waals surface area contributed by atoms with Gasteiger partial charge in [0.1, 0.15) is 19.8 Å². The number of hydrogen-bond donors (Lipinski definition) is 2. The first kappa shape index (κ1) is 53.7. The molecule has 0 saturated heterocycles. The average molecular weight is 853 g/mol. The van der Waals surface area contributed by atoms with Gasteiger partial charge in [0.05, 0.1) is 18.6 Å². The lowest BCUT2D eigenvalue weighted by atomic mass is 9.81. The van der Waals surface area contributed by atoms with E-state index in [4.69, 9.17) is 14.2 Å². The van der Waals surface area contributed by atoms with E-state index in [2.05, 4.69) is 19.7 Å². The monoisotopic (exact) mass is 852 g/mol. The molecule has 0 aliphatic heterocycles. The number of aliphatic hydroxyl groups is 2. The van der Waals surface area contributed by atoms with Gasteiger partial charge in [0.25, 0.3) is 0 Å². The minimum Gasteiger partial charge on any atom is -0.461 e. The zero-order valence-electron chi connectivity index (χ0n) is 32.3. The highest BCUT2D eigenvalue weighted by molar-refractivity contribution is 5.88. The summed E-state index contributed by atoms with van der Waals surface area (Å²) in [4.78, 5) is 37.4. The second-order valence-corrected chi connectivity index (χ2v) is 14.5. The van der Waals surface area contributed by atoms with Crippen molar-refractivity contribution in [2.75, 3.05) is 33.0 Å². The van der Waals surface area contributed by atoms with Crippen molar-refractivity contribution in [3.63, 3.8) is 0 Å². The van der Waals surface area contributed by atoms with Gasteiger partial charge in [-0.15, -0.1) is 0 Å². The zero-order chi connectivity index (χ0) is 44.9. The third-order valence-electron chi connectivity index (χ3n) is 9.42. The Balaban J connectivity index is 6.71. The van der Waals surface area contributed by atoms with Gasteiger partial charge < -0.3 is 24.4 Å². The molecule has 8 nitrogen and oxygen atoms in total. The molecule has 0 heterocycles. The fourth-order valence-electron chi connectivity index (χ4n) is 5.18. The zero-order valence-corrected chi connectivity index (χ0v) is 32.3. The summed E-state index contributed by atoms with van der Waals surface area (Å²) in [5, 5.41) is 19.4. The first-order chi connectivity index (χ1) is 25.9. The minimum absolute atomic E-state index is 0.118. The van der Waals surface area contributed by atoms with Gasteiger partial charge in [0.15, 0.2) is 0 Å². The Morgan fingerprint density at radius 2 is 0.877 bits per heavy atom. The van der Waals surface area contributed by atoms with Crippen molar-refractivity contribution in [1.82, 2.24) is 0 Å². The number of unbranched alkanes of at least 4 members (excludes halogenated alkanes) is 4. The number of esters is 3. The molecular weight excluding hydrogens is 800 g/mol. The van der Waals surface area contributed by atoms with E-state index in [1.807, 2.05) is 0 Å². The molecule has 0 atom stereocenters. The van der Waals surface area contributed by atoms with Crippen LogP contribution in [0.1, 0.15) is 98.3 Å². The van der Waals surface area contributed by atoms with E-state index in [0.717, 1.165) is 13.8 Å². The third kappa shape index (κ3) is 13.1. The standard InChI is InChI=1S/C37H52F12O8/c1-8-10-11-12-13-16-32(38,39)34(42,43)36(46,47)37(48,49)35(44,45)33(40,41)17-14-15-31(21-55-27(52)24(3)4,22-56-28(53)25(5)6)23-57-29(54)26(7)18-30(9-2,19-50)20-51/h50-51H,3,5,7-23H2,1-2,4,6H3. The van der Waals surface area contributed by atoms with E-state index in [1.54, 1.807) is 13.8 Å². The highest BCUT2D eigenvalue weighted by Crippen LogP contribution is 2.61. The maximum Gasteiger partial charge on any atom is 0.384 e. The van der Waals surface area contributed by atoms with Crippen LogP contribution in [0.5, 0.6) is 0 Å². The molecule has 2 N–H and O–H groups in total. The van der Waals surface area contributed by atoms with Crippen LogP contribution >= 0.6 is 0 Å².